The summed E-state index contributed by atoms with van der Waals surface area (Å²) in [5, 5.41) is 12.8. The fraction of sp³-hybridized carbons (Fsp3) is 0.643. The van der Waals surface area contributed by atoms with E-state index in [2.05, 4.69) is 20.4 Å². The van der Waals surface area contributed by atoms with Crippen LogP contribution in [0.3, 0.4) is 0 Å². The van der Waals surface area contributed by atoms with Crippen LogP contribution >= 0.6 is 11.6 Å². The number of fused-ring (bicyclic) bond motifs is 1. The molecule has 1 aliphatic heterocycles. The fourth-order valence-corrected chi connectivity index (χ4v) is 7.80. The molecule has 1 aromatic carbocycles. The molecule has 1 aromatic heterocycles. The predicted molar refractivity (Wildman–Crippen MR) is 135 cm³/mol. The third-order valence-corrected chi connectivity index (χ3v) is 9.78. The van der Waals surface area contributed by atoms with Crippen molar-refractivity contribution in [2.24, 2.45) is 17.3 Å². The van der Waals surface area contributed by atoms with E-state index in [4.69, 9.17) is 11.6 Å². The second-order valence-corrected chi connectivity index (χ2v) is 11.9. The number of rotatable bonds is 4. The molecule has 182 valence electrons. The van der Waals surface area contributed by atoms with Crippen molar-refractivity contribution in [3.8, 4) is 11.3 Å². The summed E-state index contributed by atoms with van der Waals surface area (Å²) >= 11 is 6.21. The Morgan fingerprint density at radius 1 is 0.912 bits per heavy atom. The number of hydrogen-bond acceptors (Lipinski definition) is 4. The fourth-order valence-electron chi connectivity index (χ4n) is 7.59. The topological polar surface area (TPSA) is 41.0 Å². The van der Waals surface area contributed by atoms with Crippen LogP contribution in [0.2, 0.25) is 5.02 Å². The monoisotopic (exact) mass is 482 g/mol. The molecule has 0 amide bonds. The van der Waals surface area contributed by atoms with Crippen molar-refractivity contribution >= 4 is 17.4 Å². The number of halogens is 2. The molecule has 1 spiro atoms. The largest absolute Gasteiger partial charge is 0.366 e. The lowest BCUT2D eigenvalue weighted by Gasteiger charge is -2.45. The number of hydrogen-bond donors (Lipinski definition) is 1. The zero-order chi connectivity index (χ0) is 23.1. The first-order valence-corrected chi connectivity index (χ1v) is 13.7. The highest BCUT2D eigenvalue weighted by Crippen LogP contribution is 2.49. The average molecular weight is 483 g/mol. The van der Waals surface area contributed by atoms with Gasteiger partial charge in [0.25, 0.3) is 0 Å². The highest BCUT2D eigenvalue weighted by Gasteiger charge is 2.45. The van der Waals surface area contributed by atoms with E-state index in [9.17, 15) is 4.39 Å². The number of nitrogens with one attached hydrogen (secondary N) is 1. The molecule has 2 heterocycles. The Hall–Kier alpha value is -1.72. The normalized spacial score (nSPS) is 29.4. The van der Waals surface area contributed by atoms with Gasteiger partial charge in [0.1, 0.15) is 11.6 Å². The summed E-state index contributed by atoms with van der Waals surface area (Å²) in [6, 6.07) is 9.43. The zero-order valence-electron chi connectivity index (χ0n) is 20.0. The van der Waals surface area contributed by atoms with Crippen molar-refractivity contribution in [1.29, 1.82) is 0 Å². The molecule has 34 heavy (non-hydrogen) atoms. The molecule has 0 bridgehead atoms. The summed E-state index contributed by atoms with van der Waals surface area (Å²) in [5.74, 6) is 2.09. The lowest BCUT2D eigenvalue weighted by Crippen LogP contribution is -2.41. The van der Waals surface area contributed by atoms with Crippen molar-refractivity contribution in [2.45, 2.75) is 82.7 Å². The van der Waals surface area contributed by atoms with Crippen LogP contribution in [0.15, 0.2) is 30.3 Å². The molecular weight excluding hydrogens is 447 g/mol. The standard InChI is InChI=1S/C28H36ClFN4/c29-25-5-4-21(30)16-24(25)26-6-7-27(33-32-26)31-22-14-19-17-34(18-20(19)15-22)23-8-12-28(13-9-23)10-2-1-3-11-28/h4-7,16,19-20,22-23H,1-3,8-15,17-18H2,(H,31,33)/t19-,20+,22-. The molecule has 4 aliphatic rings. The summed E-state index contributed by atoms with van der Waals surface area (Å²) in [4.78, 5) is 2.85. The predicted octanol–water partition coefficient (Wildman–Crippen LogP) is 6.95. The Labute approximate surface area is 207 Å². The van der Waals surface area contributed by atoms with E-state index in [-0.39, 0.29) is 5.82 Å². The maximum atomic E-state index is 13.6. The number of likely N-dealkylation sites (tertiary alicyclic amines) is 1. The van der Waals surface area contributed by atoms with Gasteiger partial charge in [-0.15, -0.1) is 10.2 Å². The molecule has 6 heteroatoms. The van der Waals surface area contributed by atoms with Gasteiger partial charge in [-0.25, -0.2) is 4.39 Å². The molecule has 4 nitrogen and oxygen atoms in total. The van der Waals surface area contributed by atoms with Crippen LogP contribution in [-0.2, 0) is 0 Å². The minimum atomic E-state index is -0.323. The second-order valence-electron chi connectivity index (χ2n) is 11.5. The first-order chi connectivity index (χ1) is 16.6. The highest BCUT2D eigenvalue weighted by atomic mass is 35.5. The number of aromatic nitrogens is 2. The first kappa shape index (κ1) is 22.7. The molecule has 3 atom stereocenters. The van der Waals surface area contributed by atoms with E-state index < -0.39 is 0 Å². The van der Waals surface area contributed by atoms with Crippen LogP contribution in [0.1, 0.15) is 70.6 Å². The molecular formula is C28H36ClFN4. The maximum Gasteiger partial charge on any atom is 0.148 e. The van der Waals surface area contributed by atoms with Crippen molar-refractivity contribution in [3.63, 3.8) is 0 Å². The van der Waals surface area contributed by atoms with E-state index in [0.29, 0.717) is 22.3 Å². The molecule has 6 rings (SSSR count). The van der Waals surface area contributed by atoms with Crippen LogP contribution in [0.25, 0.3) is 11.3 Å². The lowest BCUT2D eigenvalue weighted by molar-refractivity contribution is 0.0669. The lowest BCUT2D eigenvalue weighted by atomic mass is 9.64. The van der Waals surface area contributed by atoms with Crippen LogP contribution in [0.5, 0.6) is 0 Å². The van der Waals surface area contributed by atoms with E-state index in [0.717, 1.165) is 29.1 Å². The van der Waals surface area contributed by atoms with E-state index in [1.165, 1.54) is 95.9 Å². The number of benzene rings is 1. The Balaban J connectivity index is 1.01. The molecule has 1 N–H and O–H groups in total. The van der Waals surface area contributed by atoms with Gasteiger partial charge < -0.3 is 5.32 Å². The molecule has 3 aliphatic carbocycles. The summed E-state index contributed by atoms with van der Waals surface area (Å²) in [7, 11) is 0. The summed E-state index contributed by atoms with van der Waals surface area (Å²) in [5.41, 5.74) is 1.89. The van der Waals surface area contributed by atoms with Gasteiger partial charge >= 0.3 is 0 Å². The van der Waals surface area contributed by atoms with E-state index >= 15 is 0 Å². The van der Waals surface area contributed by atoms with Gasteiger partial charge in [-0.2, -0.15) is 0 Å². The summed E-state index contributed by atoms with van der Waals surface area (Å²) < 4.78 is 13.6. The van der Waals surface area contributed by atoms with Crippen molar-refractivity contribution in [3.05, 3.63) is 41.2 Å². The molecule has 4 fully saturated rings. The van der Waals surface area contributed by atoms with Crippen LogP contribution in [-0.4, -0.2) is 40.3 Å². The Morgan fingerprint density at radius 3 is 2.32 bits per heavy atom. The van der Waals surface area contributed by atoms with Gasteiger partial charge in [-0.05, 0) is 98.9 Å². The van der Waals surface area contributed by atoms with Crippen molar-refractivity contribution < 1.29 is 4.39 Å². The molecule has 1 saturated heterocycles. The quantitative estimate of drug-likeness (QED) is 0.511. The maximum absolute atomic E-state index is 13.6. The molecule has 2 aromatic rings. The zero-order valence-corrected chi connectivity index (χ0v) is 20.7. The Morgan fingerprint density at radius 2 is 1.65 bits per heavy atom. The van der Waals surface area contributed by atoms with Crippen molar-refractivity contribution in [2.75, 3.05) is 18.4 Å². The average Bonchev–Trinajstić information content (AvgIpc) is 3.41. The SMILES string of the molecule is Fc1ccc(Cl)c(-c2ccc(N[C@@H]3C[C@@H]4CN(C5CCC6(CCCCC6)CC5)C[C@@H]4C3)nn2)c1. The molecule has 0 radical (unpaired) electrons. The van der Waals surface area contributed by atoms with Gasteiger partial charge in [0.15, 0.2) is 0 Å². The van der Waals surface area contributed by atoms with Crippen molar-refractivity contribution in [1.82, 2.24) is 15.1 Å². The number of anilines is 1. The van der Waals surface area contributed by atoms with Gasteiger partial charge in [0, 0.05) is 30.7 Å². The smallest absolute Gasteiger partial charge is 0.148 e. The summed E-state index contributed by atoms with van der Waals surface area (Å²) in [6.07, 6.45) is 15.6. The minimum Gasteiger partial charge on any atom is -0.366 e. The van der Waals surface area contributed by atoms with E-state index in [1.54, 1.807) is 6.07 Å². The molecule has 0 unspecified atom stereocenters. The third-order valence-electron chi connectivity index (χ3n) is 9.45. The highest BCUT2D eigenvalue weighted by molar-refractivity contribution is 6.33. The van der Waals surface area contributed by atoms with Gasteiger partial charge in [-0.3, -0.25) is 4.90 Å². The Bertz CT molecular complexity index is 982. The first-order valence-electron chi connectivity index (χ1n) is 13.4. The van der Waals surface area contributed by atoms with Crippen LogP contribution in [0, 0.1) is 23.1 Å². The second kappa shape index (κ2) is 9.39. The van der Waals surface area contributed by atoms with Gasteiger partial charge in [-0.1, -0.05) is 30.9 Å². The van der Waals surface area contributed by atoms with Gasteiger partial charge in [0.05, 0.1) is 10.7 Å². The van der Waals surface area contributed by atoms with E-state index in [1.807, 2.05) is 12.1 Å². The minimum absolute atomic E-state index is 0.323. The molecule has 3 saturated carbocycles. The van der Waals surface area contributed by atoms with Crippen LogP contribution < -0.4 is 5.32 Å². The van der Waals surface area contributed by atoms with Gasteiger partial charge in [0.2, 0.25) is 0 Å². The number of nitrogens with zero attached hydrogens (tertiary/aromatic N) is 3. The van der Waals surface area contributed by atoms with Crippen LogP contribution in [0.4, 0.5) is 10.2 Å². The Kier molecular flexibility index (Phi) is 6.27. The third kappa shape index (κ3) is 4.58. The summed E-state index contributed by atoms with van der Waals surface area (Å²) in [6.45, 7) is 2.56.